The summed E-state index contributed by atoms with van der Waals surface area (Å²) in [4.78, 5) is 33.4. The molecule has 8 heteroatoms. The number of morpholine rings is 1. The molecular formula is C22H25ClN4O3. The quantitative estimate of drug-likeness (QED) is 0.810. The van der Waals surface area contributed by atoms with Gasteiger partial charge in [-0.25, -0.2) is 0 Å². The Balaban J connectivity index is 1.39. The molecule has 2 aliphatic rings. The van der Waals surface area contributed by atoms with Crippen LogP contribution in [-0.4, -0.2) is 61.1 Å². The Kier molecular flexibility index (Phi) is 6.50. The zero-order valence-corrected chi connectivity index (χ0v) is 17.5. The molecule has 0 saturated carbocycles. The molecule has 158 valence electrons. The van der Waals surface area contributed by atoms with Crippen molar-refractivity contribution < 1.29 is 14.3 Å². The number of nitrogens with zero attached hydrogens (tertiary/aromatic N) is 3. The molecule has 0 aliphatic carbocycles. The van der Waals surface area contributed by atoms with Crippen LogP contribution in [-0.2, 0) is 9.53 Å². The first-order valence-corrected chi connectivity index (χ1v) is 10.6. The SMILES string of the molecule is O=C(Nc1cccc(Cl)c1N1CCOCC1)C1CCN(C(=O)c2ccncc2)CC1. The maximum Gasteiger partial charge on any atom is 0.253 e. The zero-order chi connectivity index (χ0) is 20.9. The monoisotopic (exact) mass is 428 g/mol. The van der Waals surface area contributed by atoms with Crippen LogP contribution >= 0.6 is 11.6 Å². The maximum atomic E-state index is 13.0. The van der Waals surface area contributed by atoms with Crippen LogP contribution in [0.3, 0.4) is 0 Å². The number of piperidine rings is 1. The van der Waals surface area contributed by atoms with E-state index in [-0.39, 0.29) is 17.7 Å². The van der Waals surface area contributed by atoms with Crippen molar-refractivity contribution in [1.82, 2.24) is 9.88 Å². The van der Waals surface area contributed by atoms with Gasteiger partial charge in [-0.1, -0.05) is 17.7 Å². The third-order valence-electron chi connectivity index (χ3n) is 5.65. The topological polar surface area (TPSA) is 74.8 Å². The summed E-state index contributed by atoms with van der Waals surface area (Å²) in [5.41, 5.74) is 2.20. The number of pyridine rings is 1. The molecule has 1 aromatic carbocycles. The van der Waals surface area contributed by atoms with Crippen LogP contribution in [0.2, 0.25) is 5.02 Å². The molecule has 2 fully saturated rings. The average Bonchev–Trinajstić information content (AvgIpc) is 2.80. The van der Waals surface area contributed by atoms with Gasteiger partial charge in [-0.2, -0.15) is 0 Å². The van der Waals surface area contributed by atoms with E-state index < -0.39 is 0 Å². The Labute approximate surface area is 181 Å². The summed E-state index contributed by atoms with van der Waals surface area (Å²) in [6.45, 7) is 3.88. The summed E-state index contributed by atoms with van der Waals surface area (Å²) in [6.07, 6.45) is 4.50. The van der Waals surface area contributed by atoms with Crippen molar-refractivity contribution >= 4 is 34.8 Å². The van der Waals surface area contributed by atoms with E-state index in [2.05, 4.69) is 15.2 Å². The number of ether oxygens (including phenoxy) is 1. The van der Waals surface area contributed by atoms with Gasteiger partial charge in [0, 0.05) is 50.1 Å². The summed E-state index contributed by atoms with van der Waals surface area (Å²) in [5.74, 6) is -0.175. The van der Waals surface area contributed by atoms with Crippen LogP contribution in [0.15, 0.2) is 42.7 Å². The second-order valence-electron chi connectivity index (χ2n) is 7.53. The van der Waals surface area contributed by atoms with Crippen LogP contribution < -0.4 is 10.2 Å². The van der Waals surface area contributed by atoms with E-state index >= 15 is 0 Å². The normalized spacial score (nSPS) is 17.6. The lowest BCUT2D eigenvalue weighted by molar-refractivity contribution is -0.121. The summed E-state index contributed by atoms with van der Waals surface area (Å²) < 4.78 is 5.43. The molecule has 0 spiro atoms. The summed E-state index contributed by atoms with van der Waals surface area (Å²) >= 11 is 6.46. The number of amides is 2. The van der Waals surface area contributed by atoms with Gasteiger partial charge < -0.3 is 19.9 Å². The van der Waals surface area contributed by atoms with Gasteiger partial charge in [0.15, 0.2) is 0 Å². The Bertz CT molecular complexity index is 895. The first-order valence-electron chi connectivity index (χ1n) is 10.2. The van der Waals surface area contributed by atoms with Crippen molar-refractivity contribution in [1.29, 1.82) is 0 Å². The van der Waals surface area contributed by atoms with Crippen LogP contribution in [0.1, 0.15) is 23.2 Å². The van der Waals surface area contributed by atoms with E-state index in [1.165, 1.54) is 0 Å². The van der Waals surface area contributed by atoms with Gasteiger partial charge in [0.05, 0.1) is 29.6 Å². The number of halogens is 1. The van der Waals surface area contributed by atoms with Crippen molar-refractivity contribution in [2.45, 2.75) is 12.8 Å². The second kappa shape index (κ2) is 9.45. The first kappa shape index (κ1) is 20.6. The molecule has 2 amide bonds. The van der Waals surface area contributed by atoms with E-state index in [1.807, 2.05) is 18.2 Å². The highest BCUT2D eigenvalue weighted by atomic mass is 35.5. The van der Waals surface area contributed by atoms with Gasteiger partial charge in [0.25, 0.3) is 5.91 Å². The van der Waals surface area contributed by atoms with Gasteiger partial charge >= 0.3 is 0 Å². The molecule has 2 saturated heterocycles. The molecule has 3 heterocycles. The van der Waals surface area contributed by atoms with Gasteiger partial charge in [-0.3, -0.25) is 14.6 Å². The Hall–Kier alpha value is -2.64. The van der Waals surface area contributed by atoms with Gasteiger partial charge in [-0.05, 0) is 37.1 Å². The first-order chi connectivity index (χ1) is 14.6. The fourth-order valence-corrected chi connectivity index (χ4v) is 4.28. The summed E-state index contributed by atoms with van der Waals surface area (Å²) in [7, 11) is 0. The van der Waals surface area contributed by atoms with Crippen molar-refractivity contribution in [2.24, 2.45) is 5.92 Å². The highest BCUT2D eigenvalue weighted by Gasteiger charge is 2.29. The Morgan fingerprint density at radius 3 is 2.43 bits per heavy atom. The standard InChI is InChI=1S/C22H25ClN4O3/c23-18-2-1-3-19(20(18)26-12-14-30-15-13-26)25-21(28)16-6-10-27(11-7-16)22(29)17-4-8-24-9-5-17/h1-5,8-9,16H,6-7,10-15H2,(H,25,28). The molecule has 0 unspecified atom stereocenters. The lowest BCUT2D eigenvalue weighted by Gasteiger charge is -2.33. The molecule has 4 rings (SSSR count). The Morgan fingerprint density at radius 2 is 1.73 bits per heavy atom. The number of anilines is 2. The van der Waals surface area contributed by atoms with Gasteiger partial charge in [-0.15, -0.1) is 0 Å². The number of benzene rings is 1. The minimum absolute atomic E-state index is 0.0132. The lowest BCUT2D eigenvalue weighted by atomic mass is 9.95. The molecule has 0 atom stereocenters. The van der Waals surface area contributed by atoms with Crippen LogP contribution in [0.4, 0.5) is 11.4 Å². The molecule has 2 aliphatic heterocycles. The smallest absolute Gasteiger partial charge is 0.253 e. The third kappa shape index (κ3) is 4.57. The largest absolute Gasteiger partial charge is 0.378 e. The van der Waals surface area contributed by atoms with E-state index in [0.29, 0.717) is 49.7 Å². The zero-order valence-electron chi connectivity index (χ0n) is 16.7. The summed E-state index contributed by atoms with van der Waals surface area (Å²) in [5, 5.41) is 3.69. The molecule has 2 aromatic rings. The number of rotatable bonds is 4. The Morgan fingerprint density at radius 1 is 1.03 bits per heavy atom. The van der Waals surface area contributed by atoms with E-state index in [4.69, 9.17) is 16.3 Å². The fraction of sp³-hybridized carbons (Fsp3) is 0.409. The van der Waals surface area contributed by atoms with Crippen LogP contribution in [0.25, 0.3) is 0 Å². The number of nitrogens with one attached hydrogen (secondary N) is 1. The minimum atomic E-state index is -0.136. The molecule has 1 aromatic heterocycles. The number of likely N-dealkylation sites (tertiary alicyclic amines) is 1. The van der Waals surface area contributed by atoms with Gasteiger partial charge in [0.2, 0.25) is 5.91 Å². The molecule has 7 nitrogen and oxygen atoms in total. The highest BCUT2D eigenvalue weighted by molar-refractivity contribution is 6.34. The van der Waals surface area contributed by atoms with Crippen LogP contribution in [0.5, 0.6) is 0 Å². The predicted octanol–water partition coefficient (Wildman–Crippen LogP) is 3.06. The van der Waals surface area contributed by atoms with Crippen molar-refractivity contribution in [2.75, 3.05) is 49.6 Å². The van der Waals surface area contributed by atoms with Crippen molar-refractivity contribution in [3.8, 4) is 0 Å². The number of aromatic nitrogens is 1. The van der Waals surface area contributed by atoms with E-state index in [0.717, 1.165) is 24.5 Å². The lowest BCUT2D eigenvalue weighted by Crippen LogP contribution is -2.41. The van der Waals surface area contributed by atoms with E-state index in [1.54, 1.807) is 29.4 Å². The number of hydrogen-bond acceptors (Lipinski definition) is 5. The maximum absolute atomic E-state index is 13.0. The summed E-state index contributed by atoms with van der Waals surface area (Å²) in [6, 6.07) is 9.00. The number of para-hydroxylation sites is 1. The fourth-order valence-electron chi connectivity index (χ4n) is 3.98. The molecule has 1 N–H and O–H groups in total. The minimum Gasteiger partial charge on any atom is -0.378 e. The van der Waals surface area contributed by atoms with Crippen molar-refractivity contribution in [3.63, 3.8) is 0 Å². The molecular weight excluding hydrogens is 404 g/mol. The number of carbonyl (C=O) groups excluding carboxylic acids is 2. The molecule has 30 heavy (non-hydrogen) atoms. The molecule has 0 bridgehead atoms. The van der Waals surface area contributed by atoms with E-state index in [9.17, 15) is 9.59 Å². The molecule has 0 radical (unpaired) electrons. The third-order valence-corrected chi connectivity index (χ3v) is 5.96. The van der Waals surface area contributed by atoms with Crippen molar-refractivity contribution in [3.05, 3.63) is 53.3 Å². The number of carbonyl (C=O) groups is 2. The average molecular weight is 429 g/mol. The predicted molar refractivity (Wildman–Crippen MR) is 116 cm³/mol. The van der Waals surface area contributed by atoms with Crippen LogP contribution in [0, 0.1) is 5.92 Å². The van der Waals surface area contributed by atoms with Gasteiger partial charge in [0.1, 0.15) is 0 Å². The number of hydrogen-bond donors (Lipinski definition) is 1. The second-order valence-corrected chi connectivity index (χ2v) is 7.93. The highest BCUT2D eigenvalue weighted by Crippen LogP contribution is 2.35.